The van der Waals surface area contributed by atoms with E-state index in [0.29, 0.717) is 28.8 Å². The second-order valence-corrected chi connectivity index (χ2v) is 7.06. The number of aryl methyl sites for hydroxylation is 2. The van der Waals surface area contributed by atoms with Crippen LogP contribution in [0.25, 0.3) is 0 Å². The van der Waals surface area contributed by atoms with Crippen LogP contribution in [0.4, 0.5) is 16.2 Å². The van der Waals surface area contributed by atoms with Gasteiger partial charge in [0.25, 0.3) is 0 Å². The maximum absolute atomic E-state index is 12.5. The van der Waals surface area contributed by atoms with Gasteiger partial charge in [0.2, 0.25) is 0 Å². The second kappa shape index (κ2) is 7.54. The fourth-order valence-electron chi connectivity index (χ4n) is 3.24. The molecule has 25 heavy (non-hydrogen) atoms. The number of nitrogens with zero attached hydrogens (tertiary/aromatic N) is 2. The minimum Gasteiger partial charge on any atom is -0.368 e. The normalized spacial score (nSPS) is 14.6. The molecule has 4 nitrogen and oxygen atoms in total. The maximum atomic E-state index is 12.5. The summed E-state index contributed by atoms with van der Waals surface area (Å²) in [5.41, 5.74) is 4.27. The van der Waals surface area contributed by atoms with E-state index in [9.17, 15) is 4.79 Å². The van der Waals surface area contributed by atoms with E-state index in [1.54, 1.807) is 23.1 Å². The number of hydrogen-bond acceptors (Lipinski definition) is 2. The van der Waals surface area contributed by atoms with Crippen LogP contribution < -0.4 is 10.2 Å². The molecule has 2 aromatic carbocycles. The highest BCUT2D eigenvalue weighted by Crippen LogP contribution is 2.30. The van der Waals surface area contributed by atoms with Crippen molar-refractivity contribution in [1.29, 1.82) is 0 Å². The molecule has 1 N–H and O–H groups in total. The van der Waals surface area contributed by atoms with Crippen LogP contribution in [-0.2, 0) is 0 Å². The summed E-state index contributed by atoms with van der Waals surface area (Å²) in [7, 11) is 0. The number of anilines is 2. The number of rotatable bonds is 2. The highest BCUT2D eigenvalue weighted by molar-refractivity contribution is 6.39. The van der Waals surface area contributed by atoms with E-state index in [2.05, 4.69) is 42.3 Å². The number of carbonyl (C=O) groups is 1. The van der Waals surface area contributed by atoms with Crippen molar-refractivity contribution < 1.29 is 4.79 Å². The zero-order chi connectivity index (χ0) is 18.0. The Morgan fingerprint density at radius 3 is 2.00 bits per heavy atom. The Hall–Kier alpha value is -1.91. The number of para-hydroxylation sites is 2. The molecule has 0 aliphatic carbocycles. The number of halogens is 2. The number of benzene rings is 2. The third kappa shape index (κ3) is 3.86. The number of amides is 2. The molecule has 0 radical (unpaired) electrons. The Morgan fingerprint density at radius 1 is 0.920 bits per heavy atom. The summed E-state index contributed by atoms with van der Waals surface area (Å²) in [6.45, 7) is 7.16. The van der Waals surface area contributed by atoms with Gasteiger partial charge in [-0.15, -0.1) is 0 Å². The molecule has 0 aromatic heterocycles. The van der Waals surface area contributed by atoms with Gasteiger partial charge in [-0.2, -0.15) is 0 Å². The average molecular weight is 378 g/mol. The van der Waals surface area contributed by atoms with Gasteiger partial charge in [0, 0.05) is 31.9 Å². The van der Waals surface area contributed by atoms with Crippen molar-refractivity contribution in [2.75, 3.05) is 36.4 Å². The van der Waals surface area contributed by atoms with E-state index in [0.717, 1.165) is 13.1 Å². The molecule has 2 amide bonds. The van der Waals surface area contributed by atoms with E-state index in [1.165, 1.54) is 16.8 Å². The first-order chi connectivity index (χ1) is 12.0. The summed E-state index contributed by atoms with van der Waals surface area (Å²) in [6.07, 6.45) is 0. The van der Waals surface area contributed by atoms with Gasteiger partial charge in [0.1, 0.15) is 0 Å². The van der Waals surface area contributed by atoms with E-state index in [4.69, 9.17) is 23.2 Å². The van der Waals surface area contributed by atoms with Crippen LogP contribution >= 0.6 is 23.2 Å². The number of carbonyl (C=O) groups excluding carboxylic acids is 1. The molecule has 1 fully saturated rings. The zero-order valence-electron chi connectivity index (χ0n) is 14.4. The summed E-state index contributed by atoms with van der Waals surface area (Å²) in [5, 5.41) is 3.71. The van der Waals surface area contributed by atoms with Crippen LogP contribution in [0.5, 0.6) is 0 Å². The van der Waals surface area contributed by atoms with Crippen molar-refractivity contribution >= 4 is 40.6 Å². The van der Waals surface area contributed by atoms with Crippen LogP contribution in [0.1, 0.15) is 11.1 Å². The standard InChI is InChI=1S/C19H21Cl2N3O/c1-13-5-3-6-14(2)18(13)23-9-11-24(12-10-23)19(25)22-17-15(20)7-4-8-16(17)21/h3-8H,9-12H2,1-2H3,(H,22,25). The number of piperazine rings is 1. The molecule has 1 aliphatic rings. The van der Waals surface area contributed by atoms with Gasteiger partial charge in [-0.1, -0.05) is 47.5 Å². The molecule has 1 saturated heterocycles. The second-order valence-electron chi connectivity index (χ2n) is 6.24. The van der Waals surface area contributed by atoms with Gasteiger partial charge in [0.15, 0.2) is 0 Å². The Kier molecular flexibility index (Phi) is 5.40. The minimum absolute atomic E-state index is 0.170. The lowest BCUT2D eigenvalue weighted by Gasteiger charge is -2.37. The van der Waals surface area contributed by atoms with E-state index < -0.39 is 0 Å². The van der Waals surface area contributed by atoms with Gasteiger partial charge in [0.05, 0.1) is 15.7 Å². The molecule has 3 rings (SSSR count). The fraction of sp³-hybridized carbons (Fsp3) is 0.316. The quantitative estimate of drug-likeness (QED) is 0.801. The Labute approximate surface area is 158 Å². The molecule has 0 saturated carbocycles. The Bertz CT molecular complexity index is 746. The van der Waals surface area contributed by atoms with Crippen molar-refractivity contribution in [3.8, 4) is 0 Å². The van der Waals surface area contributed by atoms with Crippen molar-refractivity contribution in [3.63, 3.8) is 0 Å². The molecule has 2 aromatic rings. The van der Waals surface area contributed by atoms with Crippen LogP contribution in [0, 0.1) is 13.8 Å². The lowest BCUT2D eigenvalue weighted by atomic mass is 10.1. The summed E-state index contributed by atoms with van der Waals surface area (Å²) < 4.78 is 0. The Balaban J connectivity index is 1.65. The fourth-order valence-corrected chi connectivity index (χ4v) is 3.73. The first kappa shape index (κ1) is 17.9. The van der Waals surface area contributed by atoms with E-state index in [1.807, 2.05) is 0 Å². The zero-order valence-corrected chi connectivity index (χ0v) is 15.9. The molecule has 0 unspecified atom stereocenters. The van der Waals surface area contributed by atoms with Crippen LogP contribution in [-0.4, -0.2) is 37.1 Å². The SMILES string of the molecule is Cc1cccc(C)c1N1CCN(C(=O)Nc2c(Cl)cccc2Cl)CC1. The highest BCUT2D eigenvalue weighted by atomic mass is 35.5. The van der Waals surface area contributed by atoms with Crippen molar-refractivity contribution in [2.24, 2.45) is 0 Å². The highest BCUT2D eigenvalue weighted by Gasteiger charge is 2.23. The van der Waals surface area contributed by atoms with Gasteiger partial charge in [-0.3, -0.25) is 0 Å². The molecular formula is C19H21Cl2N3O. The van der Waals surface area contributed by atoms with Crippen LogP contribution in [0.2, 0.25) is 10.0 Å². The van der Waals surface area contributed by atoms with Crippen molar-refractivity contribution in [2.45, 2.75) is 13.8 Å². The maximum Gasteiger partial charge on any atom is 0.322 e. The van der Waals surface area contributed by atoms with Crippen LogP contribution in [0.3, 0.4) is 0 Å². The summed E-state index contributed by atoms with van der Waals surface area (Å²) in [6, 6.07) is 11.3. The van der Waals surface area contributed by atoms with Crippen molar-refractivity contribution in [1.82, 2.24) is 4.90 Å². The molecule has 6 heteroatoms. The first-order valence-corrected chi connectivity index (χ1v) is 9.04. The summed E-state index contributed by atoms with van der Waals surface area (Å²) in [5.74, 6) is 0. The smallest absolute Gasteiger partial charge is 0.322 e. The third-order valence-corrected chi connectivity index (χ3v) is 5.15. The Morgan fingerprint density at radius 2 is 1.44 bits per heavy atom. The van der Waals surface area contributed by atoms with E-state index >= 15 is 0 Å². The van der Waals surface area contributed by atoms with Gasteiger partial charge in [-0.25, -0.2) is 4.79 Å². The molecular weight excluding hydrogens is 357 g/mol. The predicted molar refractivity (Wildman–Crippen MR) is 105 cm³/mol. The molecule has 0 bridgehead atoms. The first-order valence-electron chi connectivity index (χ1n) is 8.28. The lowest BCUT2D eigenvalue weighted by Crippen LogP contribution is -2.50. The van der Waals surface area contributed by atoms with Gasteiger partial charge >= 0.3 is 6.03 Å². The average Bonchev–Trinajstić information content (AvgIpc) is 2.58. The molecule has 1 heterocycles. The van der Waals surface area contributed by atoms with Gasteiger partial charge < -0.3 is 15.1 Å². The number of urea groups is 1. The molecule has 0 atom stereocenters. The van der Waals surface area contributed by atoms with Crippen molar-refractivity contribution in [3.05, 3.63) is 57.6 Å². The largest absolute Gasteiger partial charge is 0.368 e. The minimum atomic E-state index is -0.170. The lowest BCUT2D eigenvalue weighted by molar-refractivity contribution is 0.208. The van der Waals surface area contributed by atoms with Crippen LogP contribution in [0.15, 0.2) is 36.4 Å². The summed E-state index contributed by atoms with van der Waals surface area (Å²) >= 11 is 12.2. The van der Waals surface area contributed by atoms with Gasteiger partial charge in [-0.05, 0) is 37.1 Å². The monoisotopic (exact) mass is 377 g/mol. The predicted octanol–water partition coefficient (Wildman–Crippen LogP) is 4.96. The molecule has 0 spiro atoms. The third-order valence-electron chi connectivity index (χ3n) is 4.52. The number of hydrogen-bond donors (Lipinski definition) is 1. The number of nitrogens with one attached hydrogen (secondary N) is 1. The molecule has 1 aliphatic heterocycles. The summed E-state index contributed by atoms with van der Waals surface area (Å²) in [4.78, 5) is 16.7. The molecule has 132 valence electrons. The van der Waals surface area contributed by atoms with E-state index in [-0.39, 0.29) is 6.03 Å². The topological polar surface area (TPSA) is 35.6 Å².